The number of nitrogens with one attached hydrogen (secondary N) is 3. The minimum Gasteiger partial charge on any atom is -0.462 e. The number of halogens is 4. The maximum atomic E-state index is 13.5. The summed E-state index contributed by atoms with van der Waals surface area (Å²) in [5.41, 5.74) is 8.31. The second kappa shape index (κ2) is 11.4. The third-order valence-electron chi connectivity index (χ3n) is 7.48. The molecule has 0 amide bonds. The van der Waals surface area contributed by atoms with E-state index in [1.54, 1.807) is 49.4 Å². The Morgan fingerprint density at radius 1 is 0.591 bits per heavy atom. The second-order valence-corrected chi connectivity index (χ2v) is 11.7. The molecule has 7 rings (SSSR count). The van der Waals surface area contributed by atoms with Crippen LogP contribution in [0, 0.1) is 0 Å². The normalized spacial score (nSPS) is 11.8. The number of nitrogens with zero attached hydrogens (tertiary/aromatic N) is 1. The van der Waals surface area contributed by atoms with Crippen molar-refractivity contribution in [2.75, 3.05) is 6.61 Å². The van der Waals surface area contributed by atoms with Crippen LogP contribution in [0.2, 0.25) is 20.1 Å². The lowest BCUT2D eigenvalue weighted by atomic mass is 10.0. The van der Waals surface area contributed by atoms with Crippen LogP contribution in [0.4, 0.5) is 0 Å². The molecule has 0 unspecified atom stereocenters. The molecular formula is C34H22Cl4N4O2. The molecule has 0 spiro atoms. The Morgan fingerprint density at radius 3 is 1.57 bits per heavy atom. The van der Waals surface area contributed by atoms with Crippen LogP contribution in [-0.2, 0) is 4.74 Å². The van der Waals surface area contributed by atoms with Gasteiger partial charge in [-0.3, -0.25) is 0 Å². The third-order valence-corrected chi connectivity index (χ3v) is 8.74. The van der Waals surface area contributed by atoms with Crippen LogP contribution >= 0.6 is 46.4 Å². The molecule has 0 saturated heterocycles. The van der Waals surface area contributed by atoms with Gasteiger partial charge in [-0.15, -0.1) is 0 Å². The third kappa shape index (κ3) is 4.84. The van der Waals surface area contributed by atoms with Crippen molar-refractivity contribution < 1.29 is 9.53 Å². The van der Waals surface area contributed by atoms with Crippen molar-refractivity contribution in [3.8, 4) is 22.3 Å². The van der Waals surface area contributed by atoms with E-state index in [1.165, 1.54) is 0 Å². The van der Waals surface area contributed by atoms with Crippen LogP contribution in [0.3, 0.4) is 0 Å². The molecule has 4 aromatic heterocycles. The Balaban J connectivity index is 1.70. The number of fused-ring (bicyclic) bond motifs is 9. The first-order valence-corrected chi connectivity index (χ1v) is 15.2. The molecule has 1 aliphatic rings. The van der Waals surface area contributed by atoms with Gasteiger partial charge in [-0.25, -0.2) is 9.78 Å². The van der Waals surface area contributed by atoms with Crippen molar-refractivity contribution >= 4 is 97.6 Å². The molecule has 6 nitrogen and oxygen atoms in total. The number of carbonyl (C=O) groups excluding carboxylic acids is 1. The fraction of sp³-hybridized carbons (Fsp3) is 0.0588. The number of aromatic amines is 3. The van der Waals surface area contributed by atoms with Gasteiger partial charge in [-0.05, 0) is 79.7 Å². The molecule has 44 heavy (non-hydrogen) atoms. The lowest BCUT2D eigenvalue weighted by molar-refractivity contribution is 0.0528. The molecule has 6 aromatic rings. The van der Waals surface area contributed by atoms with Crippen LogP contribution in [0.5, 0.6) is 0 Å². The summed E-state index contributed by atoms with van der Waals surface area (Å²) >= 11 is 27.0. The Bertz CT molecular complexity index is 2240. The van der Waals surface area contributed by atoms with Gasteiger partial charge in [-0.1, -0.05) is 58.5 Å². The van der Waals surface area contributed by atoms with Crippen LogP contribution in [0.15, 0.2) is 72.8 Å². The highest BCUT2D eigenvalue weighted by atomic mass is 35.5. The van der Waals surface area contributed by atoms with Gasteiger partial charge >= 0.3 is 5.97 Å². The molecule has 0 aliphatic carbocycles. The molecular weight excluding hydrogens is 638 g/mol. The standard InChI is InChI=1S/C34H22Cl4N4O2/c1-2-44-34(43)33-27-15-13-25(41-27)31(29-17(35)5-3-6-18(29)36)23-11-9-21(39-23)22-10-12-24(40-22)32(26-14-16-28(33)42-26)30-19(37)7-4-8-20(30)38/h3-16,39-41H,2H2,1H3. The maximum Gasteiger partial charge on any atom is 0.342 e. The van der Waals surface area contributed by atoms with Gasteiger partial charge < -0.3 is 19.7 Å². The van der Waals surface area contributed by atoms with Crippen molar-refractivity contribution in [1.82, 2.24) is 19.9 Å². The van der Waals surface area contributed by atoms with E-state index in [1.807, 2.05) is 42.5 Å². The molecule has 0 saturated carbocycles. The molecule has 2 aromatic carbocycles. The van der Waals surface area contributed by atoms with Crippen LogP contribution in [-0.4, -0.2) is 32.5 Å². The summed E-state index contributed by atoms with van der Waals surface area (Å²) in [7, 11) is 0. The maximum absolute atomic E-state index is 13.5. The molecule has 3 N–H and O–H groups in total. The number of rotatable bonds is 4. The van der Waals surface area contributed by atoms with Crippen LogP contribution in [0.25, 0.3) is 67.5 Å². The summed E-state index contributed by atoms with van der Waals surface area (Å²) in [4.78, 5) is 28.9. The molecule has 0 radical (unpaired) electrons. The quantitative estimate of drug-likeness (QED) is 0.164. The lowest BCUT2D eigenvalue weighted by Crippen LogP contribution is -2.07. The van der Waals surface area contributed by atoms with Crippen molar-refractivity contribution in [2.24, 2.45) is 0 Å². The number of H-pyrrole nitrogens is 3. The summed E-state index contributed by atoms with van der Waals surface area (Å²) in [6.07, 6.45) is 3.63. The monoisotopic (exact) mass is 658 g/mol. The number of carbonyl (C=O) groups is 1. The number of aromatic nitrogens is 4. The molecule has 5 heterocycles. The van der Waals surface area contributed by atoms with E-state index in [2.05, 4.69) is 15.0 Å². The molecule has 1 aliphatic heterocycles. The zero-order valence-electron chi connectivity index (χ0n) is 23.1. The average Bonchev–Trinajstić information content (AvgIpc) is 3.81. The van der Waals surface area contributed by atoms with Gasteiger partial charge in [-0.2, -0.15) is 0 Å². The first-order valence-electron chi connectivity index (χ1n) is 13.7. The minimum atomic E-state index is -0.520. The van der Waals surface area contributed by atoms with Crippen LogP contribution < -0.4 is 0 Å². The van der Waals surface area contributed by atoms with E-state index in [-0.39, 0.29) is 12.2 Å². The fourth-order valence-corrected chi connectivity index (χ4v) is 6.74. The lowest BCUT2D eigenvalue weighted by Gasteiger charge is -2.09. The van der Waals surface area contributed by atoms with E-state index >= 15 is 0 Å². The number of hydrogen-bond acceptors (Lipinski definition) is 3. The summed E-state index contributed by atoms with van der Waals surface area (Å²) < 4.78 is 5.50. The Hall–Kier alpha value is -4.20. The highest BCUT2D eigenvalue weighted by Gasteiger charge is 2.22. The second-order valence-electron chi connectivity index (χ2n) is 10.1. The van der Waals surface area contributed by atoms with Gasteiger partial charge in [0.2, 0.25) is 0 Å². The zero-order chi connectivity index (χ0) is 30.5. The zero-order valence-corrected chi connectivity index (χ0v) is 26.1. The van der Waals surface area contributed by atoms with Gasteiger partial charge in [0.05, 0.1) is 54.6 Å². The van der Waals surface area contributed by atoms with Gasteiger partial charge in [0, 0.05) is 38.8 Å². The van der Waals surface area contributed by atoms with E-state index in [9.17, 15) is 4.79 Å². The summed E-state index contributed by atoms with van der Waals surface area (Å²) in [5.74, 6) is -0.520. The Labute approximate surface area is 271 Å². The van der Waals surface area contributed by atoms with Gasteiger partial charge in [0.1, 0.15) is 5.56 Å². The van der Waals surface area contributed by atoms with E-state index < -0.39 is 5.97 Å². The smallest absolute Gasteiger partial charge is 0.342 e. The number of esters is 1. The predicted octanol–water partition coefficient (Wildman–Crippen LogP) is 10.8. The van der Waals surface area contributed by atoms with Crippen molar-refractivity contribution in [3.63, 3.8) is 0 Å². The van der Waals surface area contributed by atoms with E-state index in [0.29, 0.717) is 59.2 Å². The highest BCUT2D eigenvalue weighted by Crippen LogP contribution is 2.41. The summed E-state index contributed by atoms with van der Waals surface area (Å²) in [6.45, 7) is 1.95. The van der Waals surface area contributed by atoms with E-state index in [0.717, 1.165) is 27.6 Å². The summed E-state index contributed by atoms with van der Waals surface area (Å²) in [5, 5.41) is 1.89. The average molecular weight is 660 g/mol. The largest absolute Gasteiger partial charge is 0.462 e. The number of ether oxygens (including phenoxy) is 1. The molecule has 10 heteroatoms. The molecule has 0 fully saturated rings. The topological polar surface area (TPSA) is 86.6 Å². The van der Waals surface area contributed by atoms with Crippen molar-refractivity contribution in [2.45, 2.75) is 6.92 Å². The molecule has 8 bridgehead atoms. The first-order chi connectivity index (χ1) is 21.3. The van der Waals surface area contributed by atoms with E-state index in [4.69, 9.17) is 56.1 Å². The molecule has 218 valence electrons. The Morgan fingerprint density at radius 2 is 1.02 bits per heavy atom. The number of benzene rings is 2. The van der Waals surface area contributed by atoms with Gasteiger partial charge in [0.25, 0.3) is 0 Å². The number of hydrogen-bond donors (Lipinski definition) is 3. The molecule has 0 atom stereocenters. The predicted molar refractivity (Wildman–Crippen MR) is 182 cm³/mol. The Kier molecular flexibility index (Phi) is 7.39. The summed E-state index contributed by atoms with van der Waals surface area (Å²) in [6, 6.07) is 22.3. The highest BCUT2D eigenvalue weighted by molar-refractivity contribution is 6.40. The first kappa shape index (κ1) is 28.6. The minimum absolute atomic E-state index is 0.194. The van der Waals surface area contributed by atoms with Crippen molar-refractivity contribution in [3.05, 3.63) is 110 Å². The van der Waals surface area contributed by atoms with Crippen LogP contribution in [0.1, 0.15) is 28.7 Å². The fourth-order valence-electron chi connectivity index (χ4n) is 5.57. The van der Waals surface area contributed by atoms with Gasteiger partial charge in [0.15, 0.2) is 0 Å². The SMILES string of the molecule is CCOC(=O)c1c2nc(c(-c3c(Cl)cccc3Cl)c3ccc([nH]3)c3ccc([nH]3)c(-c3c(Cl)cccc3Cl)c3ccc1[nH]3)C=C2. The van der Waals surface area contributed by atoms with Crippen molar-refractivity contribution in [1.29, 1.82) is 0 Å².